The Kier molecular flexibility index (Phi) is 4.06. The molecule has 2 N–H and O–H groups in total. The van der Waals surface area contributed by atoms with Crippen LogP contribution in [0.25, 0.3) is 0 Å². The Morgan fingerprint density at radius 1 is 1.36 bits per heavy atom. The molecule has 1 aliphatic rings. The Morgan fingerprint density at radius 3 is 2.82 bits per heavy atom. The highest BCUT2D eigenvalue weighted by molar-refractivity contribution is 7.11. The van der Waals surface area contributed by atoms with Gasteiger partial charge in [-0.3, -0.25) is 4.79 Å². The second kappa shape index (κ2) is 6.00. The summed E-state index contributed by atoms with van der Waals surface area (Å²) < 4.78 is 0. The fourth-order valence-corrected chi connectivity index (χ4v) is 3.75. The van der Waals surface area contributed by atoms with E-state index in [1.54, 1.807) is 11.3 Å². The smallest absolute Gasteiger partial charge is 0.276 e. The lowest BCUT2D eigenvalue weighted by atomic mass is 9.98. The Hall–Kier alpha value is -2.02. The van der Waals surface area contributed by atoms with E-state index < -0.39 is 0 Å². The van der Waals surface area contributed by atoms with E-state index in [0.29, 0.717) is 12.5 Å². The third-order valence-electron chi connectivity index (χ3n) is 4.03. The van der Waals surface area contributed by atoms with Crippen molar-refractivity contribution in [3.05, 3.63) is 33.7 Å². The van der Waals surface area contributed by atoms with E-state index in [1.165, 1.54) is 17.3 Å². The van der Waals surface area contributed by atoms with E-state index in [2.05, 4.69) is 21.9 Å². The van der Waals surface area contributed by atoms with Crippen molar-refractivity contribution >= 4 is 23.1 Å². The molecule has 1 atom stereocenters. The van der Waals surface area contributed by atoms with Crippen LogP contribution >= 0.6 is 11.3 Å². The topological polar surface area (TPSA) is 85.0 Å². The van der Waals surface area contributed by atoms with Crippen molar-refractivity contribution in [2.75, 3.05) is 18.8 Å². The molecule has 2 aromatic rings. The highest BCUT2D eigenvalue weighted by Crippen LogP contribution is 2.31. The maximum Gasteiger partial charge on any atom is 0.276 e. The van der Waals surface area contributed by atoms with Gasteiger partial charge < -0.3 is 10.6 Å². The van der Waals surface area contributed by atoms with Crippen molar-refractivity contribution in [3.8, 4) is 0 Å². The number of hydrogen-bond donors (Lipinski definition) is 1. The number of aryl methyl sites for hydroxylation is 2. The molecule has 1 unspecified atom stereocenters. The van der Waals surface area contributed by atoms with Crippen LogP contribution in [-0.4, -0.2) is 38.8 Å². The van der Waals surface area contributed by atoms with Gasteiger partial charge in [-0.15, -0.1) is 11.3 Å². The summed E-state index contributed by atoms with van der Waals surface area (Å²) in [5, 5.41) is 1.12. The molecule has 0 bridgehead atoms. The summed E-state index contributed by atoms with van der Waals surface area (Å²) in [5.41, 5.74) is 7.10. The van der Waals surface area contributed by atoms with Crippen molar-refractivity contribution in [1.82, 2.24) is 19.9 Å². The van der Waals surface area contributed by atoms with Gasteiger partial charge in [-0.05, 0) is 26.7 Å². The summed E-state index contributed by atoms with van der Waals surface area (Å²) >= 11 is 1.73. The van der Waals surface area contributed by atoms with Gasteiger partial charge in [0.2, 0.25) is 0 Å². The van der Waals surface area contributed by atoms with Crippen LogP contribution in [0, 0.1) is 13.8 Å². The van der Waals surface area contributed by atoms with Gasteiger partial charge in [0.15, 0.2) is 11.5 Å². The standard InChI is InChI=1S/C15H19N5OS/c1-9-10(2)22-14(19-9)11-4-3-7-20(8-11)15(21)12-13(16)18-6-5-17-12/h5-6,11H,3-4,7-8H2,1-2H3,(H2,16,18). The molecule has 22 heavy (non-hydrogen) atoms. The summed E-state index contributed by atoms with van der Waals surface area (Å²) in [6.45, 7) is 5.51. The number of likely N-dealkylation sites (tertiary alicyclic amines) is 1. The van der Waals surface area contributed by atoms with E-state index >= 15 is 0 Å². The minimum Gasteiger partial charge on any atom is -0.382 e. The number of piperidine rings is 1. The molecule has 0 radical (unpaired) electrons. The van der Waals surface area contributed by atoms with Crippen molar-refractivity contribution in [1.29, 1.82) is 0 Å². The molecule has 0 aliphatic carbocycles. The van der Waals surface area contributed by atoms with E-state index in [-0.39, 0.29) is 17.4 Å². The maximum atomic E-state index is 12.6. The fourth-order valence-electron chi connectivity index (χ4n) is 2.70. The summed E-state index contributed by atoms with van der Waals surface area (Å²) in [5.74, 6) is 0.351. The molecule has 1 saturated heterocycles. The van der Waals surface area contributed by atoms with Gasteiger partial charge in [0, 0.05) is 36.3 Å². The van der Waals surface area contributed by atoms with Crippen molar-refractivity contribution < 1.29 is 4.79 Å². The average molecular weight is 317 g/mol. The van der Waals surface area contributed by atoms with Crippen LogP contribution in [0.15, 0.2) is 12.4 Å². The van der Waals surface area contributed by atoms with E-state index in [1.807, 2.05) is 11.8 Å². The number of anilines is 1. The first-order valence-electron chi connectivity index (χ1n) is 7.36. The van der Waals surface area contributed by atoms with Crippen LogP contribution in [0.4, 0.5) is 5.82 Å². The third-order valence-corrected chi connectivity index (χ3v) is 5.27. The number of nitrogens with two attached hydrogens (primary N) is 1. The van der Waals surface area contributed by atoms with Crippen molar-refractivity contribution in [2.24, 2.45) is 0 Å². The first kappa shape index (κ1) is 14.9. The second-order valence-corrected chi connectivity index (χ2v) is 6.81. The van der Waals surface area contributed by atoms with Crippen LogP contribution in [0.2, 0.25) is 0 Å². The number of nitrogen functional groups attached to an aromatic ring is 1. The van der Waals surface area contributed by atoms with Gasteiger partial charge in [0.1, 0.15) is 0 Å². The SMILES string of the molecule is Cc1nc(C2CCCN(C(=O)c3nccnc3N)C2)sc1C. The monoisotopic (exact) mass is 317 g/mol. The summed E-state index contributed by atoms with van der Waals surface area (Å²) in [6, 6.07) is 0. The number of nitrogens with zero attached hydrogens (tertiary/aromatic N) is 4. The second-order valence-electron chi connectivity index (χ2n) is 5.57. The number of aromatic nitrogens is 3. The number of amides is 1. The number of hydrogen-bond acceptors (Lipinski definition) is 6. The highest BCUT2D eigenvalue weighted by Gasteiger charge is 2.29. The Balaban J connectivity index is 1.78. The summed E-state index contributed by atoms with van der Waals surface area (Å²) in [7, 11) is 0. The third kappa shape index (κ3) is 2.81. The molecule has 1 amide bonds. The first-order valence-corrected chi connectivity index (χ1v) is 8.17. The zero-order valence-corrected chi connectivity index (χ0v) is 13.6. The average Bonchev–Trinajstić information content (AvgIpc) is 2.87. The lowest BCUT2D eigenvalue weighted by Gasteiger charge is -2.31. The van der Waals surface area contributed by atoms with Gasteiger partial charge in [-0.2, -0.15) is 0 Å². The van der Waals surface area contributed by atoms with Crippen LogP contribution < -0.4 is 5.73 Å². The fraction of sp³-hybridized carbons (Fsp3) is 0.467. The molecule has 0 spiro atoms. The normalized spacial score (nSPS) is 18.5. The molecule has 7 heteroatoms. The van der Waals surface area contributed by atoms with Gasteiger partial charge in [0.25, 0.3) is 5.91 Å². The molecular weight excluding hydrogens is 298 g/mol. The quantitative estimate of drug-likeness (QED) is 0.917. The van der Waals surface area contributed by atoms with Crippen LogP contribution in [0.5, 0.6) is 0 Å². The lowest BCUT2D eigenvalue weighted by molar-refractivity contribution is 0.0702. The number of carbonyl (C=O) groups excluding carboxylic acids is 1. The minimum absolute atomic E-state index is 0.139. The molecule has 0 saturated carbocycles. The predicted octanol–water partition coefficient (Wildman–Crippen LogP) is 2.15. The van der Waals surface area contributed by atoms with Gasteiger partial charge in [-0.25, -0.2) is 15.0 Å². The van der Waals surface area contributed by atoms with E-state index in [4.69, 9.17) is 5.73 Å². The van der Waals surface area contributed by atoms with Crippen molar-refractivity contribution in [2.45, 2.75) is 32.6 Å². The molecule has 116 valence electrons. The van der Waals surface area contributed by atoms with Crippen LogP contribution in [-0.2, 0) is 0 Å². The lowest BCUT2D eigenvalue weighted by Crippen LogP contribution is -2.39. The van der Waals surface area contributed by atoms with Gasteiger partial charge >= 0.3 is 0 Å². The van der Waals surface area contributed by atoms with E-state index in [9.17, 15) is 4.79 Å². The maximum absolute atomic E-state index is 12.6. The minimum atomic E-state index is -0.139. The molecule has 3 rings (SSSR count). The van der Waals surface area contributed by atoms with Crippen LogP contribution in [0.1, 0.15) is 44.8 Å². The van der Waals surface area contributed by atoms with Crippen LogP contribution in [0.3, 0.4) is 0 Å². The van der Waals surface area contributed by atoms with E-state index in [0.717, 1.165) is 30.1 Å². The zero-order valence-electron chi connectivity index (χ0n) is 12.7. The Bertz CT molecular complexity index is 679. The van der Waals surface area contributed by atoms with Crippen molar-refractivity contribution in [3.63, 3.8) is 0 Å². The molecule has 3 heterocycles. The number of rotatable bonds is 2. The first-order chi connectivity index (χ1) is 10.6. The molecule has 6 nitrogen and oxygen atoms in total. The number of carbonyl (C=O) groups is 1. The molecule has 2 aromatic heterocycles. The Morgan fingerprint density at radius 2 is 2.14 bits per heavy atom. The molecule has 0 aromatic carbocycles. The predicted molar refractivity (Wildman–Crippen MR) is 85.9 cm³/mol. The number of thiazole rings is 1. The highest BCUT2D eigenvalue weighted by atomic mass is 32.1. The molecular formula is C15H19N5OS. The zero-order chi connectivity index (χ0) is 15.7. The molecule has 1 aliphatic heterocycles. The summed E-state index contributed by atoms with van der Waals surface area (Å²) in [4.78, 5) is 28.3. The Labute approximate surface area is 133 Å². The molecule has 1 fully saturated rings. The van der Waals surface area contributed by atoms with Gasteiger partial charge in [-0.1, -0.05) is 0 Å². The largest absolute Gasteiger partial charge is 0.382 e. The van der Waals surface area contributed by atoms with Gasteiger partial charge in [0.05, 0.1) is 10.7 Å². The summed E-state index contributed by atoms with van der Waals surface area (Å²) in [6.07, 6.45) is 5.02.